The largest absolute Gasteiger partial charge is 0.480 e. The molecule has 0 unspecified atom stereocenters. The first-order valence-corrected chi connectivity index (χ1v) is 12.4. The zero-order chi connectivity index (χ0) is 25.6. The highest BCUT2D eigenvalue weighted by atomic mass is 35.5. The standard InChI is InChI=1S/C26H20Cl3N3O4/c27-17-3-1-4-18(28)22(17)24(33)30-20(25(34)35)13-14-7-9-16(10-8-14)32-23-19(29)5-2-6-21(23)31(26(32)36)15-11-12-15/h1-10,15,20H,11-13H2,(H,30,33)(H,34,35)/t20-/m0/s1. The van der Waals surface area contributed by atoms with E-state index in [1.165, 1.54) is 12.1 Å². The molecule has 5 rings (SSSR count). The van der Waals surface area contributed by atoms with Crippen LogP contribution in [0.2, 0.25) is 15.1 Å². The van der Waals surface area contributed by atoms with Gasteiger partial charge < -0.3 is 10.4 Å². The number of amides is 1. The highest BCUT2D eigenvalue weighted by Crippen LogP contribution is 2.38. The summed E-state index contributed by atoms with van der Waals surface area (Å²) in [7, 11) is 0. The van der Waals surface area contributed by atoms with Crippen molar-refractivity contribution in [1.82, 2.24) is 14.5 Å². The van der Waals surface area contributed by atoms with Crippen LogP contribution in [0.5, 0.6) is 0 Å². The van der Waals surface area contributed by atoms with Gasteiger partial charge in [0, 0.05) is 12.5 Å². The minimum atomic E-state index is -1.22. The number of hydrogen-bond donors (Lipinski definition) is 2. The molecule has 1 atom stereocenters. The highest BCUT2D eigenvalue weighted by molar-refractivity contribution is 6.39. The molecule has 0 aliphatic heterocycles. The van der Waals surface area contributed by atoms with Crippen molar-refractivity contribution < 1.29 is 14.7 Å². The summed E-state index contributed by atoms with van der Waals surface area (Å²) in [5, 5.41) is 12.9. The minimum Gasteiger partial charge on any atom is -0.480 e. The van der Waals surface area contributed by atoms with Gasteiger partial charge in [0.25, 0.3) is 5.91 Å². The van der Waals surface area contributed by atoms with Gasteiger partial charge in [0.1, 0.15) is 6.04 Å². The maximum Gasteiger partial charge on any atom is 0.334 e. The summed E-state index contributed by atoms with van der Waals surface area (Å²) in [6.45, 7) is 0. The van der Waals surface area contributed by atoms with E-state index in [9.17, 15) is 19.5 Å². The van der Waals surface area contributed by atoms with Crippen LogP contribution in [0.25, 0.3) is 16.7 Å². The maximum atomic E-state index is 13.3. The number of carboxylic acids is 1. The van der Waals surface area contributed by atoms with Gasteiger partial charge >= 0.3 is 11.7 Å². The summed E-state index contributed by atoms with van der Waals surface area (Å²) in [6, 6.07) is 15.9. The Labute approximate surface area is 220 Å². The third kappa shape index (κ3) is 4.50. The van der Waals surface area contributed by atoms with Crippen LogP contribution in [-0.4, -0.2) is 32.2 Å². The molecule has 1 saturated carbocycles. The van der Waals surface area contributed by atoms with Crippen molar-refractivity contribution in [3.05, 3.63) is 97.3 Å². The second-order valence-corrected chi connectivity index (χ2v) is 9.88. The molecule has 0 bridgehead atoms. The van der Waals surface area contributed by atoms with E-state index in [2.05, 4.69) is 5.32 Å². The van der Waals surface area contributed by atoms with Crippen molar-refractivity contribution in [2.24, 2.45) is 0 Å². The third-order valence-corrected chi connectivity index (χ3v) is 7.12. The second-order valence-electron chi connectivity index (χ2n) is 8.66. The molecular weight excluding hydrogens is 525 g/mol. The molecule has 1 aliphatic carbocycles. The molecule has 2 N–H and O–H groups in total. The van der Waals surface area contributed by atoms with E-state index in [-0.39, 0.29) is 33.8 Å². The van der Waals surface area contributed by atoms with Crippen LogP contribution in [0.1, 0.15) is 34.8 Å². The Kier molecular flexibility index (Phi) is 6.55. The van der Waals surface area contributed by atoms with Crippen molar-refractivity contribution in [2.75, 3.05) is 0 Å². The molecule has 7 nitrogen and oxygen atoms in total. The fourth-order valence-corrected chi connectivity index (χ4v) is 5.14. The van der Waals surface area contributed by atoms with Crippen LogP contribution in [-0.2, 0) is 11.2 Å². The van der Waals surface area contributed by atoms with Gasteiger partial charge in [0.05, 0.1) is 37.4 Å². The number of imidazole rings is 1. The molecule has 3 aromatic carbocycles. The number of nitrogens with zero attached hydrogens (tertiary/aromatic N) is 2. The first kappa shape index (κ1) is 24.4. The zero-order valence-corrected chi connectivity index (χ0v) is 21.0. The van der Waals surface area contributed by atoms with E-state index < -0.39 is 17.9 Å². The minimum absolute atomic E-state index is 0.0168. The van der Waals surface area contributed by atoms with Crippen LogP contribution in [0.15, 0.2) is 65.5 Å². The Hall–Kier alpha value is -3.26. The Bertz CT molecular complexity index is 1540. The van der Waals surface area contributed by atoms with Gasteiger partial charge in [-0.1, -0.05) is 59.1 Å². The lowest BCUT2D eigenvalue weighted by molar-refractivity contribution is -0.139. The number of carbonyl (C=O) groups excluding carboxylic acids is 1. The molecule has 0 radical (unpaired) electrons. The average Bonchev–Trinajstić information content (AvgIpc) is 3.62. The van der Waals surface area contributed by atoms with Gasteiger partial charge in [-0.2, -0.15) is 0 Å². The first-order valence-electron chi connectivity index (χ1n) is 11.2. The van der Waals surface area contributed by atoms with Gasteiger partial charge in [0.2, 0.25) is 0 Å². The van der Waals surface area contributed by atoms with E-state index in [4.69, 9.17) is 34.8 Å². The Morgan fingerprint density at radius 2 is 1.56 bits per heavy atom. The van der Waals surface area contributed by atoms with Crippen molar-refractivity contribution in [3.8, 4) is 5.69 Å². The molecule has 10 heteroatoms. The molecule has 36 heavy (non-hydrogen) atoms. The summed E-state index contributed by atoms with van der Waals surface area (Å²) in [4.78, 5) is 37.9. The van der Waals surface area contributed by atoms with Crippen LogP contribution < -0.4 is 11.0 Å². The fraction of sp³-hybridized carbons (Fsp3) is 0.192. The van der Waals surface area contributed by atoms with Gasteiger partial charge in [-0.25, -0.2) is 9.59 Å². The number of para-hydroxylation sites is 1. The van der Waals surface area contributed by atoms with Gasteiger partial charge in [-0.3, -0.25) is 13.9 Å². The highest BCUT2D eigenvalue weighted by Gasteiger charge is 2.30. The van der Waals surface area contributed by atoms with Crippen LogP contribution in [0.3, 0.4) is 0 Å². The van der Waals surface area contributed by atoms with E-state index in [0.717, 1.165) is 18.4 Å². The summed E-state index contributed by atoms with van der Waals surface area (Å²) in [5.74, 6) is -1.88. The number of fused-ring (bicyclic) bond motifs is 1. The van der Waals surface area contributed by atoms with Gasteiger partial charge in [0.15, 0.2) is 0 Å². The summed E-state index contributed by atoms with van der Waals surface area (Å²) in [6.07, 6.45) is 1.92. The van der Waals surface area contributed by atoms with E-state index >= 15 is 0 Å². The number of aromatic nitrogens is 2. The molecular formula is C26H20Cl3N3O4. The fourth-order valence-electron chi connectivity index (χ4n) is 4.31. The summed E-state index contributed by atoms with van der Waals surface area (Å²) >= 11 is 18.6. The normalized spacial score (nSPS) is 14.1. The number of carboxylic acid groups (broad SMARTS) is 1. The Morgan fingerprint density at radius 1 is 0.944 bits per heavy atom. The molecule has 1 amide bonds. The second kappa shape index (κ2) is 9.65. The maximum absolute atomic E-state index is 13.3. The zero-order valence-electron chi connectivity index (χ0n) is 18.7. The van der Waals surface area contributed by atoms with Gasteiger partial charge in [-0.05, 0) is 54.8 Å². The lowest BCUT2D eigenvalue weighted by Gasteiger charge is -2.16. The molecule has 0 saturated heterocycles. The average molecular weight is 545 g/mol. The number of benzene rings is 3. The molecule has 1 aliphatic rings. The molecule has 184 valence electrons. The van der Waals surface area contributed by atoms with Crippen molar-refractivity contribution in [1.29, 1.82) is 0 Å². The van der Waals surface area contributed by atoms with Crippen LogP contribution in [0.4, 0.5) is 0 Å². The number of aliphatic carboxylic acids is 1. The smallest absolute Gasteiger partial charge is 0.334 e. The number of rotatable bonds is 7. The van der Waals surface area contributed by atoms with Crippen LogP contribution in [0, 0.1) is 0 Å². The number of hydrogen-bond acceptors (Lipinski definition) is 3. The quantitative estimate of drug-likeness (QED) is 0.321. The monoisotopic (exact) mass is 543 g/mol. The topological polar surface area (TPSA) is 93.3 Å². The first-order chi connectivity index (χ1) is 17.3. The Morgan fingerprint density at radius 3 is 2.17 bits per heavy atom. The molecule has 1 fully saturated rings. The number of carbonyl (C=O) groups is 2. The summed E-state index contributed by atoms with van der Waals surface area (Å²) in [5.41, 5.74) is 2.54. The molecule has 0 spiro atoms. The van der Waals surface area contributed by atoms with E-state index in [0.29, 0.717) is 21.8 Å². The Balaban J connectivity index is 1.42. The summed E-state index contributed by atoms with van der Waals surface area (Å²) < 4.78 is 3.36. The SMILES string of the molecule is O=C(N[C@@H](Cc1ccc(-n2c(=O)n(C3CC3)c3cccc(Cl)c32)cc1)C(=O)O)c1c(Cl)cccc1Cl. The van der Waals surface area contributed by atoms with Crippen molar-refractivity contribution >= 4 is 57.7 Å². The lowest BCUT2D eigenvalue weighted by Crippen LogP contribution is -2.42. The molecule has 1 aromatic heterocycles. The predicted molar refractivity (Wildman–Crippen MR) is 140 cm³/mol. The van der Waals surface area contributed by atoms with Crippen molar-refractivity contribution in [2.45, 2.75) is 31.3 Å². The van der Waals surface area contributed by atoms with Crippen molar-refractivity contribution in [3.63, 3.8) is 0 Å². The number of halogens is 3. The molecule has 4 aromatic rings. The third-order valence-electron chi connectivity index (χ3n) is 6.19. The number of nitrogens with one attached hydrogen (secondary N) is 1. The van der Waals surface area contributed by atoms with Gasteiger partial charge in [-0.15, -0.1) is 0 Å². The van der Waals surface area contributed by atoms with E-state index in [1.54, 1.807) is 45.5 Å². The van der Waals surface area contributed by atoms with E-state index in [1.807, 2.05) is 12.1 Å². The lowest BCUT2D eigenvalue weighted by atomic mass is 10.0. The molecule has 1 heterocycles. The predicted octanol–water partition coefficient (Wildman–Crippen LogP) is 5.51. The van der Waals surface area contributed by atoms with Crippen LogP contribution >= 0.6 is 34.8 Å².